The third-order valence-corrected chi connectivity index (χ3v) is 3.13. The fraction of sp³-hybridized carbons (Fsp3) is 0.133. The van der Waals surface area contributed by atoms with E-state index in [9.17, 15) is 4.79 Å². The molecule has 5 heteroatoms. The molecule has 2 rings (SSSR count). The molecule has 0 saturated heterocycles. The van der Waals surface area contributed by atoms with Crippen molar-refractivity contribution in [3.05, 3.63) is 58.1 Å². The highest BCUT2D eigenvalue weighted by Gasteiger charge is 2.05. The highest BCUT2D eigenvalue weighted by atomic mass is 79.9. The molecule has 4 nitrogen and oxygen atoms in total. The summed E-state index contributed by atoms with van der Waals surface area (Å²) in [7, 11) is 1.36. The summed E-state index contributed by atoms with van der Waals surface area (Å²) >= 11 is 3.36. The van der Waals surface area contributed by atoms with E-state index in [4.69, 9.17) is 10.5 Å². The number of nitrogens with two attached hydrogens (primary N) is 1. The summed E-state index contributed by atoms with van der Waals surface area (Å²) in [6.07, 6.45) is 0. The molecule has 0 radical (unpaired) electrons. The van der Waals surface area contributed by atoms with Gasteiger partial charge in [-0.05, 0) is 29.8 Å². The van der Waals surface area contributed by atoms with Gasteiger partial charge in [0, 0.05) is 16.2 Å². The molecule has 0 fully saturated rings. The molecular formula is C15H14BrNO3. The Morgan fingerprint density at radius 3 is 2.50 bits per heavy atom. The summed E-state index contributed by atoms with van der Waals surface area (Å²) < 4.78 is 11.2. The van der Waals surface area contributed by atoms with E-state index in [0.717, 1.165) is 10.0 Å². The first-order valence-electron chi connectivity index (χ1n) is 5.94. The van der Waals surface area contributed by atoms with Crippen molar-refractivity contribution in [2.24, 2.45) is 0 Å². The largest absolute Gasteiger partial charge is 0.489 e. The Kier molecular flexibility index (Phi) is 4.63. The number of esters is 1. The van der Waals surface area contributed by atoms with E-state index in [-0.39, 0.29) is 5.97 Å². The van der Waals surface area contributed by atoms with Crippen LogP contribution in [0, 0.1) is 0 Å². The maximum absolute atomic E-state index is 11.3. The molecule has 20 heavy (non-hydrogen) atoms. The van der Waals surface area contributed by atoms with Gasteiger partial charge in [0.15, 0.2) is 0 Å². The van der Waals surface area contributed by atoms with Crippen molar-refractivity contribution < 1.29 is 14.3 Å². The summed E-state index contributed by atoms with van der Waals surface area (Å²) in [6.45, 7) is 0.400. The Hall–Kier alpha value is -2.01. The quantitative estimate of drug-likeness (QED) is 0.687. The Labute approximate surface area is 125 Å². The lowest BCUT2D eigenvalue weighted by molar-refractivity contribution is 0.0600. The normalized spacial score (nSPS) is 10.1. The molecule has 0 bridgehead atoms. The summed E-state index contributed by atoms with van der Waals surface area (Å²) in [5.41, 5.74) is 7.84. The molecule has 2 aromatic rings. The molecule has 2 aromatic carbocycles. The number of benzene rings is 2. The van der Waals surface area contributed by atoms with Crippen molar-refractivity contribution >= 4 is 27.6 Å². The Balaban J connectivity index is 2.02. The van der Waals surface area contributed by atoms with Gasteiger partial charge in [-0.1, -0.05) is 28.1 Å². The number of anilines is 1. The lowest BCUT2D eigenvalue weighted by Crippen LogP contribution is -2.02. The van der Waals surface area contributed by atoms with Gasteiger partial charge in [0.05, 0.1) is 12.7 Å². The van der Waals surface area contributed by atoms with E-state index in [2.05, 4.69) is 20.7 Å². The monoisotopic (exact) mass is 335 g/mol. The van der Waals surface area contributed by atoms with Crippen LogP contribution in [-0.2, 0) is 11.3 Å². The van der Waals surface area contributed by atoms with Crippen LogP contribution in [0.5, 0.6) is 5.75 Å². The number of nitrogen functional groups attached to an aromatic ring is 1. The van der Waals surface area contributed by atoms with Gasteiger partial charge in [-0.25, -0.2) is 4.79 Å². The SMILES string of the molecule is COC(=O)c1ccc(COc2cc(N)cc(Br)c2)cc1. The van der Waals surface area contributed by atoms with Crippen molar-refractivity contribution in [1.29, 1.82) is 0 Å². The van der Waals surface area contributed by atoms with Crippen molar-refractivity contribution in [2.75, 3.05) is 12.8 Å². The van der Waals surface area contributed by atoms with Gasteiger partial charge in [-0.15, -0.1) is 0 Å². The van der Waals surface area contributed by atoms with Crippen molar-refractivity contribution in [3.8, 4) is 5.75 Å². The maximum Gasteiger partial charge on any atom is 0.337 e. The molecule has 0 amide bonds. The van der Waals surface area contributed by atoms with E-state index >= 15 is 0 Å². The summed E-state index contributed by atoms with van der Waals surface area (Å²) in [5, 5.41) is 0. The highest BCUT2D eigenvalue weighted by Crippen LogP contribution is 2.23. The van der Waals surface area contributed by atoms with Crippen LogP contribution < -0.4 is 10.5 Å². The third kappa shape index (κ3) is 3.74. The molecule has 104 valence electrons. The fourth-order valence-electron chi connectivity index (χ4n) is 1.69. The van der Waals surface area contributed by atoms with Crippen LogP contribution in [0.4, 0.5) is 5.69 Å². The summed E-state index contributed by atoms with van der Waals surface area (Å²) in [5.74, 6) is 0.339. The lowest BCUT2D eigenvalue weighted by Gasteiger charge is -2.08. The van der Waals surface area contributed by atoms with Gasteiger partial charge < -0.3 is 15.2 Å². The molecule has 0 aliphatic rings. The predicted molar refractivity (Wildman–Crippen MR) is 80.7 cm³/mol. The zero-order chi connectivity index (χ0) is 14.5. The first kappa shape index (κ1) is 14.4. The van der Waals surface area contributed by atoms with Gasteiger partial charge in [0.2, 0.25) is 0 Å². The molecular weight excluding hydrogens is 322 g/mol. The van der Waals surface area contributed by atoms with Crippen LogP contribution in [0.25, 0.3) is 0 Å². The molecule has 0 heterocycles. The second-order valence-electron chi connectivity index (χ2n) is 4.20. The molecule has 0 unspecified atom stereocenters. The number of methoxy groups -OCH3 is 1. The minimum absolute atomic E-state index is 0.350. The van der Waals surface area contributed by atoms with Crippen LogP contribution in [0.1, 0.15) is 15.9 Å². The van der Waals surface area contributed by atoms with E-state index in [1.54, 1.807) is 24.3 Å². The van der Waals surface area contributed by atoms with Crippen LogP contribution in [0.3, 0.4) is 0 Å². The van der Waals surface area contributed by atoms with E-state index in [1.165, 1.54) is 7.11 Å². The highest BCUT2D eigenvalue weighted by molar-refractivity contribution is 9.10. The fourth-order valence-corrected chi connectivity index (χ4v) is 2.18. The van der Waals surface area contributed by atoms with E-state index < -0.39 is 0 Å². The standard InChI is InChI=1S/C15H14BrNO3/c1-19-15(18)11-4-2-10(3-5-11)9-20-14-7-12(16)6-13(17)8-14/h2-8H,9,17H2,1H3. The lowest BCUT2D eigenvalue weighted by atomic mass is 10.1. The van der Waals surface area contributed by atoms with E-state index in [1.807, 2.05) is 18.2 Å². The first-order valence-corrected chi connectivity index (χ1v) is 6.74. The Bertz CT molecular complexity index is 591. The molecule has 0 aliphatic heterocycles. The Morgan fingerprint density at radius 2 is 1.90 bits per heavy atom. The second kappa shape index (κ2) is 6.43. The molecule has 0 saturated carbocycles. The van der Waals surface area contributed by atoms with Gasteiger partial charge in [-0.2, -0.15) is 0 Å². The molecule has 0 aliphatic carbocycles. The average Bonchev–Trinajstić information content (AvgIpc) is 2.44. The number of hydrogen-bond donors (Lipinski definition) is 1. The number of carbonyl (C=O) groups excluding carboxylic acids is 1. The van der Waals surface area contributed by atoms with Crippen molar-refractivity contribution in [2.45, 2.75) is 6.61 Å². The van der Waals surface area contributed by atoms with Crippen LogP contribution >= 0.6 is 15.9 Å². The topological polar surface area (TPSA) is 61.5 Å². The summed E-state index contributed by atoms with van der Waals surface area (Å²) in [4.78, 5) is 11.3. The molecule has 0 spiro atoms. The van der Waals surface area contributed by atoms with Crippen LogP contribution in [0.2, 0.25) is 0 Å². The average molecular weight is 336 g/mol. The predicted octanol–water partition coefficient (Wildman–Crippen LogP) is 3.40. The smallest absolute Gasteiger partial charge is 0.337 e. The molecule has 0 atom stereocenters. The minimum Gasteiger partial charge on any atom is -0.489 e. The van der Waals surface area contributed by atoms with E-state index in [0.29, 0.717) is 23.6 Å². The first-order chi connectivity index (χ1) is 9.58. The van der Waals surface area contributed by atoms with Crippen molar-refractivity contribution in [1.82, 2.24) is 0 Å². The second-order valence-corrected chi connectivity index (χ2v) is 5.11. The van der Waals surface area contributed by atoms with Gasteiger partial charge in [-0.3, -0.25) is 0 Å². The van der Waals surface area contributed by atoms with Crippen LogP contribution in [-0.4, -0.2) is 13.1 Å². The zero-order valence-corrected chi connectivity index (χ0v) is 12.5. The number of carbonyl (C=O) groups is 1. The molecule has 2 N–H and O–H groups in total. The Morgan fingerprint density at radius 1 is 1.20 bits per heavy atom. The minimum atomic E-state index is -0.350. The summed E-state index contributed by atoms with van der Waals surface area (Å²) in [6, 6.07) is 12.5. The van der Waals surface area contributed by atoms with Gasteiger partial charge in [0.25, 0.3) is 0 Å². The maximum atomic E-state index is 11.3. The van der Waals surface area contributed by atoms with Crippen molar-refractivity contribution in [3.63, 3.8) is 0 Å². The van der Waals surface area contributed by atoms with Crippen LogP contribution in [0.15, 0.2) is 46.9 Å². The van der Waals surface area contributed by atoms with Gasteiger partial charge in [0.1, 0.15) is 12.4 Å². The number of rotatable bonds is 4. The third-order valence-electron chi connectivity index (χ3n) is 2.67. The number of ether oxygens (including phenoxy) is 2. The number of halogens is 1. The zero-order valence-electron chi connectivity index (χ0n) is 10.9. The number of hydrogen-bond acceptors (Lipinski definition) is 4. The molecule has 0 aromatic heterocycles. The van der Waals surface area contributed by atoms with Gasteiger partial charge >= 0.3 is 5.97 Å².